The van der Waals surface area contributed by atoms with Crippen LogP contribution in [0.5, 0.6) is 0 Å². The van der Waals surface area contributed by atoms with E-state index < -0.39 is 0 Å². The van der Waals surface area contributed by atoms with Gasteiger partial charge in [0.15, 0.2) is 0 Å². The molecule has 2 aliphatic heterocycles. The molecule has 3 heterocycles. The fourth-order valence-corrected chi connectivity index (χ4v) is 4.38. The quantitative estimate of drug-likeness (QED) is 0.814. The Kier molecular flexibility index (Phi) is 5.64. The smallest absolute Gasteiger partial charge is 0.245 e. The molecular weight excluding hydrogens is 356 g/mol. The number of carbonyl (C=O) groups excluding carboxylic acids is 2. The number of rotatable bonds is 4. The molecule has 1 aromatic heterocycles. The fourth-order valence-electron chi connectivity index (χ4n) is 4.38. The molecule has 1 aliphatic carbocycles. The number of aryl methyl sites for hydroxylation is 1. The molecule has 2 saturated heterocycles. The average molecular weight is 387 g/mol. The Bertz CT molecular complexity index is 725. The van der Waals surface area contributed by atoms with E-state index in [9.17, 15) is 9.59 Å². The summed E-state index contributed by atoms with van der Waals surface area (Å²) in [4.78, 5) is 37.4. The summed E-state index contributed by atoms with van der Waals surface area (Å²) in [7, 11) is 0. The molecule has 3 fully saturated rings. The van der Waals surface area contributed by atoms with Gasteiger partial charge >= 0.3 is 0 Å². The molecule has 8 heteroatoms. The maximum Gasteiger partial charge on any atom is 0.245 e. The minimum Gasteiger partial charge on any atom is -0.353 e. The molecule has 2 amide bonds. The third-order valence-electron chi connectivity index (χ3n) is 5.99. The van der Waals surface area contributed by atoms with Crippen molar-refractivity contribution in [2.24, 2.45) is 0 Å². The first kappa shape index (κ1) is 19.0. The Morgan fingerprint density at radius 2 is 1.86 bits per heavy atom. The number of aromatic nitrogens is 2. The zero-order chi connectivity index (χ0) is 19.5. The van der Waals surface area contributed by atoms with Crippen LogP contribution in [-0.4, -0.2) is 64.9 Å². The third kappa shape index (κ3) is 4.36. The van der Waals surface area contributed by atoms with Crippen molar-refractivity contribution in [2.45, 2.75) is 64.0 Å². The summed E-state index contributed by atoms with van der Waals surface area (Å²) in [5, 5.41) is 6.29. The van der Waals surface area contributed by atoms with Gasteiger partial charge in [0.2, 0.25) is 17.8 Å². The maximum absolute atomic E-state index is 12.6. The lowest BCUT2D eigenvalue weighted by Crippen LogP contribution is -2.53. The highest BCUT2D eigenvalue weighted by Gasteiger charge is 2.32. The van der Waals surface area contributed by atoms with E-state index >= 15 is 0 Å². The lowest BCUT2D eigenvalue weighted by atomic mass is 9.96. The Morgan fingerprint density at radius 1 is 1.11 bits per heavy atom. The molecule has 2 N–H and O–H groups in total. The molecule has 0 aromatic carbocycles. The highest BCUT2D eigenvalue weighted by Crippen LogP contribution is 2.22. The van der Waals surface area contributed by atoms with Crippen molar-refractivity contribution in [1.82, 2.24) is 20.2 Å². The molecule has 1 aromatic rings. The standard InChI is InChI=1S/C20H30N6O2/c1-14-13-17(24-20(21-14)22-15-5-3-2-4-6-15)25-9-11-26(12-10-25)19(28)16-7-8-18(27)23-16/h13,15-16H,2-12H2,1H3,(H,23,27)(H,21,22,24). The first-order valence-corrected chi connectivity index (χ1v) is 10.5. The summed E-state index contributed by atoms with van der Waals surface area (Å²) in [6.07, 6.45) is 7.30. The average Bonchev–Trinajstić information content (AvgIpc) is 3.14. The van der Waals surface area contributed by atoms with E-state index in [4.69, 9.17) is 4.98 Å². The molecule has 3 aliphatic rings. The zero-order valence-electron chi connectivity index (χ0n) is 16.6. The Morgan fingerprint density at radius 3 is 2.54 bits per heavy atom. The number of amides is 2. The Balaban J connectivity index is 1.36. The van der Waals surface area contributed by atoms with Crippen LogP contribution >= 0.6 is 0 Å². The largest absolute Gasteiger partial charge is 0.353 e. The second-order valence-electron chi connectivity index (χ2n) is 8.14. The molecule has 0 radical (unpaired) electrons. The van der Waals surface area contributed by atoms with E-state index in [1.165, 1.54) is 32.1 Å². The van der Waals surface area contributed by atoms with E-state index in [0.29, 0.717) is 37.9 Å². The molecule has 28 heavy (non-hydrogen) atoms. The Hall–Kier alpha value is -2.38. The van der Waals surface area contributed by atoms with Crippen molar-refractivity contribution in [1.29, 1.82) is 0 Å². The zero-order valence-corrected chi connectivity index (χ0v) is 16.6. The van der Waals surface area contributed by atoms with Gasteiger partial charge in [0.25, 0.3) is 0 Å². The van der Waals surface area contributed by atoms with E-state index in [-0.39, 0.29) is 17.9 Å². The van der Waals surface area contributed by atoms with Gasteiger partial charge in [-0.25, -0.2) is 4.98 Å². The number of anilines is 2. The number of hydrogen-bond donors (Lipinski definition) is 2. The van der Waals surface area contributed by atoms with E-state index in [2.05, 4.69) is 20.5 Å². The van der Waals surface area contributed by atoms with Crippen LogP contribution < -0.4 is 15.5 Å². The molecule has 152 valence electrons. The fraction of sp³-hybridized carbons (Fsp3) is 0.700. The Labute approximate surface area is 166 Å². The third-order valence-corrected chi connectivity index (χ3v) is 5.99. The van der Waals surface area contributed by atoms with Crippen LogP contribution in [0.15, 0.2) is 6.07 Å². The van der Waals surface area contributed by atoms with Crippen molar-refractivity contribution >= 4 is 23.6 Å². The van der Waals surface area contributed by atoms with Crippen LogP contribution in [0.3, 0.4) is 0 Å². The maximum atomic E-state index is 12.6. The normalized spacial score (nSPS) is 23.6. The van der Waals surface area contributed by atoms with Crippen LogP contribution in [0, 0.1) is 6.92 Å². The minimum atomic E-state index is -0.341. The van der Waals surface area contributed by atoms with E-state index in [0.717, 1.165) is 24.6 Å². The van der Waals surface area contributed by atoms with Crippen molar-refractivity contribution in [3.05, 3.63) is 11.8 Å². The molecule has 0 spiro atoms. The lowest BCUT2D eigenvalue weighted by molar-refractivity contribution is -0.134. The predicted molar refractivity (Wildman–Crippen MR) is 107 cm³/mol. The molecule has 1 saturated carbocycles. The van der Waals surface area contributed by atoms with Gasteiger partial charge < -0.3 is 20.4 Å². The van der Waals surface area contributed by atoms with Gasteiger partial charge in [-0.05, 0) is 26.2 Å². The lowest BCUT2D eigenvalue weighted by Gasteiger charge is -2.36. The molecule has 8 nitrogen and oxygen atoms in total. The van der Waals surface area contributed by atoms with Crippen LogP contribution in [0.2, 0.25) is 0 Å². The van der Waals surface area contributed by atoms with Crippen LogP contribution in [-0.2, 0) is 9.59 Å². The number of carbonyl (C=O) groups is 2. The van der Waals surface area contributed by atoms with E-state index in [1.807, 2.05) is 17.9 Å². The second kappa shape index (κ2) is 8.32. The van der Waals surface area contributed by atoms with Crippen LogP contribution in [0.1, 0.15) is 50.6 Å². The van der Waals surface area contributed by atoms with Crippen molar-refractivity contribution in [3.63, 3.8) is 0 Å². The highest BCUT2D eigenvalue weighted by molar-refractivity contribution is 5.90. The molecule has 0 bridgehead atoms. The topological polar surface area (TPSA) is 90.5 Å². The van der Waals surface area contributed by atoms with Crippen molar-refractivity contribution < 1.29 is 9.59 Å². The van der Waals surface area contributed by atoms with Gasteiger partial charge in [-0.3, -0.25) is 9.59 Å². The van der Waals surface area contributed by atoms with Gasteiger partial charge in [0.1, 0.15) is 11.9 Å². The SMILES string of the molecule is Cc1cc(N2CCN(C(=O)C3CCC(=O)N3)CC2)nc(NC2CCCCC2)n1. The summed E-state index contributed by atoms with van der Waals surface area (Å²) in [6.45, 7) is 4.79. The second-order valence-corrected chi connectivity index (χ2v) is 8.14. The number of piperazine rings is 1. The van der Waals surface area contributed by atoms with Crippen molar-refractivity contribution in [2.75, 3.05) is 36.4 Å². The van der Waals surface area contributed by atoms with E-state index in [1.54, 1.807) is 0 Å². The minimum absolute atomic E-state index is 0.0218. The predicted octanol–water partition coefficient (Wildman–Crippen LogP) is 1.46. The van der Waals surface area contributed by atoms with Gasteiger partial charge in [0, 0.05) is 50.4 Å². The summed E-state index contributed by atoms with van der Waals surface area (Å²) in [5.41, 5.74) is 0.954. The summed E-state index contributed by atoms with van der Waals surface area (Å²) < 4.78 is 0. The van der Waals surface area contributed by atoms with Gasteiger partial charge in [-0.1, -0.05) is 19.3 Å². The summed E-state index contributed by atoms with van der Waals surface area (Å²) >= 11 is 0. The first-order chi connectivity index (χ1) is 13.6. The highest BCUT2D eigenvalue weighted by atomic mass is 16.2. The summed E-state index contributed by atoms with van der Waals surface area (Å²) in [5.74, 6) is 1.66. The van der Waals surface area contributed by atoms with Gasteiger partial charge in [-0.15, -0.1) is 0 Å². The van der Waals surface area contributed by atoms with Gasteiger partial charge in [0.05, 0.1) is 0 Å². The van der Waals surface area contributed by atoms with Gasteiger partial charge in [-0.2, -0.15) is 4.98 Å². The molecular formula is C20H30N6O2. The number of nitrogens with zero attached hydrogens (tertiary/aromatic N) is 4. The monoisotopic (exact) mass is 386 g/mol. The first-order valence-electron chi connectivity index (χ1n) is 10.5. The number of nitrogens with one attached hydrogen (secondary N) is 2. The van der Waals surface area contributed by atoms with Crippen LogP contribution in [0.25, 0.3) is 0 Å². The molecule has 1 atom stereocenters. The number of hydrogen-bond acceptors (Lipinski definition) is 6. The molecule has 1 unspecified atom stereocenters. The summed E-state index contributed by atoms with van der Waals surface area (Å²) in [6, 6.07) is 2.15. The van der Waals surface area contributed by atoms with Crippen LogP contribution in [0.4, 0.5) is 11.8 Å². The molecule has 4 rings (SSSR count). The van der Waals surface area contributed by atoms with Crippen molar-refractivity contribution in [3.8, 4) is 0 Å².